The summed E-state index contributed by atoms with van der Waals surface area (Å²) in [6.07, 6.45) is 4.43. The number of hydrogen-bond donors (Lipinski definition) is 3. The zero-order chi connectivity index (χ0) is 25.3. The lowest BCUT2D eigenvalue weighted by molar-refractivity contribution is -0.143. The van der Waals surface area contributed by atoms with E-state index in [0.717, 1.165) is 24.0 Å². The molecule has 36 heavy (non-hydrogen) atoms. The van der Waals surface area contributed by atoms with E-state index >= 15 is 0 Å². The minimum Gasteiger partial charge on any atom is -0.481 e. The van der Waals surface area contributed by atoms with Gasteiger partial charge in [-0.05, 0) is 43.0 Å². The van der Waals surface area contributed by atoms with Gasteiger partial charge in [0, 0.05) is 44.2 Å². The predicted octanol–water partition coefficient (Wildman–Crippen LogP) is 3.38. The third-order valence-electron chi connectivity index (χ3n) is 7.85. The molecule has 5 rings (SSSR count). The molecule has 3 aliphatic rings. The van der Waals surface area contributed by atoms with Gasteiger partial charge in [0.1, 0.15) is 11.4 Å². The number of aliphatic imine (C=N–C) groups is 1. The lowest BCUT2D eigenvalue weighted by Gasteiger charge is -2.40. The van der Waals surface area contributed by atoms with Gasteiger partial charge in [0.15, 0.2) is 5.60 Å². The Labute approximate surface area is 212 Å². The van der Waals surface area contributed by atoms with E-state index in [1.807, 2.05) is 49.4 Å². The fourth-order valence-corrected chi connectivity index (χ4v) is 5.85. The number of aliphatic hydroxyl groups is 2. The highest BCUT2D eigenvalue weighted by Gasteiger charge is 2.74. The van der Waals surface area contributed by atoms with Crippen LogP contribution >= 0.6 is 0 Å². The second-order valence-electron chi connectivity index (χ2n) is 10.1. The first kappa shape index (κ1) is 24.7. The highest BCUT2D eigenvalue weighted by Crippen LogP contribution is 2.66. The van der Waals surface area contributed by atoms with Gasteiger partial charge in [-0.25, -0.2) is 0 Å². The van der Waals surface area contributed by atoms with Crippen LogP contribution in [-0.4, -0.2) is 53.9 Å². The molecule has 7 nitrogen and oxygen atoms in total. The Morgan fingerprint density at radius 2 is 1.94 bits per heavy atom. The van der Waals surface area contributed by atoms with E-state index in [1.54, 1.807) is 31.7 Å². The van der Waals surface area contributed by atoms with Crippen LogP contribution < -0.4 is 5.32 Å². The molecule has 1 heterocycles. The number of aliphatic hydroxyl groups excluding tert-OH is 1. The highest BCUT2D eigenvalue weighted by atomic mass is 16.5. The van der Waals surface area contributed by atoms with Crippen molar-refractivity contribution < 1.29 is 19.7 Å². The number of nitriles is 1. The maximum atomic E-state index is 12.4. The average Bonchev–Trinajstić information content (AvgIpc) is 3.66. The molecule has 1 aliphatic heterocycles. The number of ether oxygens (including phenoxy) is 2. The highest BCUT2D eigenvalue weighted by molar-refractivity contribution is 5.63. The summed E-state index contributed by atoms with van der Waals surface area (Å²) in [6.45, 7) is 2.45. The minimum absolute atomic E-state index is 0.121. The third-order valence-corrected chi connectivity index (χ3v) is 7.85. The van der Waals surface area contributed by atoms with Gasteiger partial charge in [-0.1, -0.05) is 42.5 Å². The smallest absolute Gasteiger partial charge is 0.172 e. The van der Waals surface area contributed by atoms with Gasteiger partial charge < -0.3 is 25.0 Å². The molecular weight excluding hydrogens is 454 g/mol. The summed E-state index contributed by atoms with van der Waals surface area (Å²) >= 11 is 0. The van der Waals surface area contributed by atoms with Crippen LogP contribution in [0, 0.1) is 17.2 Å². The minimum atomic E-state index is -1.59. The molecule has 2 aromatic rings. The van der Waals surface area contributed by atoms with Gasteiger partial charge >= 0.3 is 0 Å². The molecule has 188 valence electrons. The SMILES string of the molecule is COC(C)/C=N\C=C1/C[C@]2(O)[C@H](O)[C@H](CNC3CC3)[C@@H](c3ccccc3)[C@]2(c2ccc(C#N)cc2)O1. The fourth-order valence-electron chi connectivity index (χ4n) is 5.85. The molecule has 7 heteroatoms. The number of nitrogens with one attached hydrogen (secondary N) is 1. The van der Waals surface area contributed by atoms with Gasteiger partial charge in [0.2, 0.25) is 0 Å². The van der Waals surface area contributed by atoms with Gasteiger partial charge in [-0.2, -0.15) is 5.26 Å². The Bertz CT molecular complexity index is 1170. The van der Waals surface area contributed by atoms with Crippen molar-refractivity contribution in [2.75, 3.05) is 13.7 Å². The first-order valence-electron chi connectivity index (χ1n) is 12.6. The summed E-state index contributed by atoms with van der Waals surface area (Å²) in [6, 6.07) is 19.7. The van der Waals surface area contributed by atoms with Gasteiger partial charge in [-0.3, -0.25) is 4.99 Å². The lowest BCUT2D eigenvalue weighted by Crippen LogP contribution is -2.52. The lowest BCUT2D eigenvalue weighted by atomic mass is 9.72. The zero-order valence-electron chi connectivity index (χ0n) is 20.7. The van der Waals surface area contributed by atoms with Gasteiger partial charge in [-0.15, -0.1) is 0 Å². The van der Waals surface area contributed by atoms with Crippen LogP contribution in [0.15, 0.2) is 71.5 Å². The van der Waals surface area contributed by atoms with Crippen molar-refractivity contribution in [2.45, 2.75) is 61.6 Å². The summed E-state index contributed by atoms with van der Waals surface area (Å²) in [5.74, 6) is -0.132. The number of hydrogen-bond acceptors (Lipinski definition) is 7. The molecule has 3 N–H and O–H groups in total. The molecule has 0 spiro atoms. The largest absolute Gasteiger partial charge is 0.481 e. The Balaban J connectivity index is 1.65. The van der Waals surface area contributed by atoms with E-state index in [0.29, 0.717) is 23.9 Å². The first-order chi connectivity index (χ1) is 17.4. The standard InChI is InChI=1S/C29H33N3O4/c1-19(35-2)16-31-17-24-14-28(34)27(33)25(18-32-23-12-13-23)26(21-6-4-3-5-7-21)29(28,36-24)22-10-8-20(15-30)9-11-22/h3-11,16-17,19,23,25-27,32-34H,12-14,18H2,1-2H3/b24-17+,31-16-/t19?,25-,26-,27-,28+,29+/m1/s1. The van der Waals surface area contributed by atoms with Crippen LogP contribution in [0.2, 0.25) is 0 Å². The monoisotopic (exact) mass is 487 g/mol. The van der Waals surface area contributed by atoms with Crippen LogP contribution in [-0.2, 0) is 15.1 Å². The molecule has 2 saturated carbocycles. The Morgan fingerprint density at radius 3 is 2.58 bits per heavy atom. The molecule has 2 aromatic carbocycles. The normalized spacial score (nSPS) is 33.4. The van der Waals surface area contributed by atoms with E-state index < -0.39 is 17.3 Å². The van der Waals surface area contributed by atoms with E-state index in [-0.39, 0.29) is 24.4 Å². The summed E-state index contributed by atoms with van der Waals surface area (Å²) in [4.78, 5) is 4.36. The van der Waals surface area contributed by atoms with Crippen LogP contribution in [0.25, 0.3) is 0 Å². The Morgan fingerprint density at radius 1 is 1.22 bits per heavy atom. The maximum absolute atomic E-state index is 12.4. The van der Waals surface area contributed by atoms with Crippen molar-refractivity contribution in [3.05, 3.63) is 83.2 Å². The van der Waals surface area contributed by atoms with Crippen molar-refractivity contribution in [3.8, 4) is 6.07 Å². The number of nitrogens with zero attached hydrogens (tertiary/aromatic N) is 2. The number of methoxy groups -OCH3 is 1. The van der Waals surface area contributed by atoms with Crippen LogP contribution in [0.5, 0.6) is 0 Å². The molecule has 1 saturated heterocycles. The van der Waals surface area contributed by atoms with E-state index in [2.05, 4.69) is 16.4 Å². The molecule has 2 aliphatic carbocycles. The molecule has 0 aromatic heterocycles. The molecular formula is C29H33N3O4. The van der Waals surface area contributed by atoms with E-state index in [1.165, 1.54) is 0 Å². The van der Waals surface area contributed by atoms with Crippen molar-refractivity contribution in [1.82, 2.24) is 5.32 Å². The fraction of sp³-hybridized carbons (Fsp3) is 0.448. The molecule has 0 bridgehead atoms. The van der Waals surface area contributed by atoms with Gasteiger partial charge in [0.25, 0.3) is 0 Å². The Hall–Kier alpha value is -3.02. The maximum Gasteiger partial charge on any atom is 0.172 e. The molecule has 3 fully saturated rings. The van der Waals surface area contributed by atoms with E-state index in [9.17, 15) is 15.5 Å². The summed E-state index contributed by atoms with van der Waals surface area (Å²) in [5, 5.41) is 37.1. The van der Waals surface area contributed by atoms with Crippen molar-refractivity contribution in [2.24, 2.45) is 10.9 Å². The Kier molecular flexibility index (Phi) is 6.71. The van der Waals surface area contributed by atoms with Crippen LogP contribution in [0.1, 0.15) is 48.8 Å². The number of benzene rings is 2. The van der Waals surface area contributed by atoms with E-state index in [4.69, 9.17) is 9.47 Å². The number of rotatable bonds is 8. The predicted molar refractivity (Wildman–Crippen MR) is 136 cm³/mol. The quantitative estimate of drug-likeness (QED) is 0.493. The second kappa shape index (κ2) is 9.79. The van der Waals surface area contributed by atoms with Crippen LogP contribution in [0.3, 0.4) is 0 Å². The van der Waals surface area contributed by atoms with Crippen LogP contribution in [0.4, 0.5) is 0 Å². The molecule has 0 radical (unpaired) electrons. The zero-order valence-corrected chi connectivity index (χ0v) is 20.7. The van der Waals surface area contributed by atoms with Crippen molar-refractivity contribution in [3.63, 3.8) is 0 Å². The summed E-state index contributed by atoms with van der Waals surface area (Å²) < 4.78 is 12.0. The molecule has 1 unspecified atom stereocenters. The van der Waals surface area contributed by atoms with Gasteiger partial charge in [0.05, 0.1) is 30.0 Å². The summed E-state index contributed by atoms with van der Waals surface area (Å²) in [7, 11) is 1.61. The second-order valence-corrected chi connectivity index (χ2v) is 10.1. The van der Waals surface area contributed by atoms with Crippen molar-refractivity contribution >= 4 is 6.21 Å². The molecule has 0 amide bonds. The summed E-state index contributed by atoms with van der Waals surface area (Å²) in [5.41, 5.74) is -0.620. The average molecular weight is 488 g/mol. The molecule has 6 atom stereocenters. The number of fused-ring (bicyclic) bond motifs is 1. The van der Waals surface area contributed by atoms with Crippen molar-refractivity contribution in [1.29, 1.82) is 5.26 Å². The first-order valence-corrected chi connectivity index (χ1v) is 12.6. The third kappa shape index (κ3) is 4.14. The topological polar surface area (TPSA) is 107 Å².